The standard InChI is InChI=1S/C18H15NO5/c1-10(20)15-16(11-2-6-13(21)7-3-11)19(18(24)17(15)23)12-4-8-14(22)9-5-12/h2-9,16,21-23H,1H3. The molecule has 1 heterocycles. The Hall–Kier alpha value is -3.28. The summed E-state index contributed by atoms with van der Waals surface area (Å²) in [6.45, 7) is 1.28. The molecule has 2 aromatic carbocycles. The molecule has 0 spiro atoms. The van der Waals surface area contributed by atoms with Gasteiger partial charge in [-0.1, -0.05) is 12.1 Å². The summed E-state index contributed by atoms with van der Waals surface area (Å²) >= 11 is 0. The van der Waals surface area contributed by atoms with E-state index in [1.807, 2.05) is 0 Å². The average molecular weight is 325 g/mol. The number of ketones is 1. The normalized spacial score (nSPS) is 17.5. The Labute approximate surface area is 137 Å². The number of nitrogens with zero attached hydrogens (tertiary/aromatic N) is 1. The number of rotatable bonds is 3. The molecule has 122 valence electrons. The van der Waals surface area contributed by atoms with Crippen LogP contribution in [-0.4, -0.2) is 27.0 Å². The van der Waals surface area contributed by atoms with Crippen molar-refractivity contribution in [3.05, 3.63) is 65.4 Å². The van der Waals surface area contributed by atoms with Gasteiger partial charge in [-0.2, -0.15) is 0 Å². The third-order valence-corrected chi connectivity index (χ3v) is 3.92. The van der Waals surface area contributed by atoms with Gasteiger partial charge >= 0.3 is 0 Å². The minimum atomic E-state index is -0.805. The van der Waals surface area contributed by atoms with Crippen molar-refractivity contribution in [3.63, 3.8) is 0 Å². The molecule has 0 bridgehead atoms. The zero-order valence-electron chi connectivity index (χ0n) is 12.8. The number of Topliss-reactive ketones (excluding diaryl/α,β-unsaturated/α-hetero) is 1. The lowest BCUT2D eigenvalue weighted by Crippen LogP contribution is -2.30. The summed E-state index contributed by atoms with van der Waals surface area (Å²) in [5.41, 5.74) is 1.00. The molecule has 24 heavy (non-hydrogen) atoms. The Kier molecular flexibility index (Phi) is 3.73. The van der Waals surface area contributed by atoms with E-state index in [9.17, 15) is 24.9 Å². The molecule has 3 N–H and O–H groups in total. The van der Waals surface area contributed by atoms with Gasteiger partial charge in [-0.25, -0.2) is 0 Å². The first-order chi connectivity index (χ1) is 11.4. The first-order valence-electron chi connectivity index (χ1n) is 7.25. The van der Waals surface area contributed by atoms with E-state index in [4.69, 9.17) is 0 Å². The van der Waals surface area contributed by atoms with Gasteiger partial charge in [-0.15, -0.1) is 0 Å². The minimum Gasteiger partial charge on any atom is -0.508 e. The van der Waals surface area contributed by atoms with E-state index in [-0.39, 0.29) is 17.1 Å². The fourth-order valence-electron chi connectivity index (χ4n) is 2.82. The highest BCUT2D eigenvalue weighted by Crippen LogP contribution is 2.41. The van der Waals surface area contributed by atoms with E-state index in [0.29, 0.717) is 11.3 Å². The number of hydrogen-bond acceptors (Lipinski definition) is 5. The highest BCUT2D eigenvalue weighted by atomic mass is 16.3. The van der Waals surface area contributed by atoms with Crippen LogP contribution in [0.2, 0.25) is 0 Å². The number of phenols is 2. The van der Waals surface area contributed by atoms with Gasteiger partial charge in [0.2, 0.25) is 0 Å². The molecule has 0 fully saturated rings. The lowest BCUT2D eigenvalue weighted by atomic mass is 9.96. The van der Waals surface area contributed by atoms with Gasteiger partial charge in [0.05, 0.1) is 11.6 Å². The Bertz CT molecular complexity index is 837. The molecular formula is C18H15NO5. The van der Waals surface area contributed by atoms with Gasteiger partial charge in [0.25, 0.3) is 5.91 Å². The summed E-state index contributed by atoms with van der Waals surface area (Å²) in [7, 11) is 0. The second-order valence-electron chi connectivity index (χ2n) is 5.50. The van der Waals surface area contributed by atoms with Crippen LogP contribution in [0, 0.1) is 0 Å². The third kappa shape index (κ3) is 2.48. The SMILES string of the molecule is CC(=O)C1=C(O)C(=O)N(c2ccc(O)cc2)C1c1ccc(O)cc1. The first kappa shape index (κ1) is 15.6. The number of anilines is 1. The smallest absolute Gasteiger partial charge is 0.294 e. The van der Waals surface area contributed by atoms with Crippen LogP contribution < -0.4 is 4.90 Å². The summed E-state index contributed by atoms with van der Waals surface area (Å²) in [6.07, 6.45) is 0. The highest BCUT2D eigenvalue weighted by Gasteiger charge is 2.43. The lowest BCUT2D eigenvalue weighted by molar-refractivity contribution is -0.117. The number of aliphatic hydroxyl groups excluding tert-OH is 1. The highest BCUT2D eigenvalue weighted by molar-refractivity contribution is 6.16. The number of carbonyl (C=O) groups excluding carboxylic acids is 2. The number of aromatic hydroxyl groups is 2. The zero-order valence-corrected chi connectivity index (χ0v) is 12.8. The molecule has 1 unspecified atom stereocenters. The summed E-state index contributed by atoms with van der Waals surface area (Å²) in [5.74, 6) is -1.61. The van der Waals surface area contributed by atoms with Crippen molar-refractivity contribution in [1.82, 2.24) is 0 Å². The van der Waals surface area contributed by atoms with E-state index < -0.39 is 23.5 Å². The number of carbonyl (C=O) groups is 2. The summed E-state index contributed by atoms with van der Waals surface area (Å²) in [5, 5.41) is 29.1. The van der Waals surface area contributed by atoms with Crippen LogP contribution in [0.25, 0.3) is 0 Å². The molecule has 0 saturated heterocycles. The second kappa shape index (κ2) is 5.73. The molecule has 1 amide bonds. The fraction of sp³-hybridized carbons (Fsp3) is 0.111. The molecule has 6 heteroatoms. The minimum absolute atomic E-state index is 0.00114. The summed E-state index contributed by atoms with van der Waals surface area (Å²) < 4.78 is 0. The second-order valence-corrected chi connectivity index (χ2v) is 5.50. The maximum absolute atomic E-state index is 12.5. The molecule has 0 aromatic heterocycles. The summed E-state index contributed by atoms with van der Waals surface area (Å²) in [4.78, 5) is 25.8. The van der Waals surface area contributed by atoms with Crippen molar-refractivity contribution in [1.29, 1.82) is 0 Å². The predicted octanol–water partition coefficient (Wildman–Crippen LogP) is 2.59. The first-order valence-corrected chi connectivity index (χ1v) is 7.25. The van der Waals surface area contributed by atoms with Crippen molar-refractivity contribution < 1.29 is 24.9 Å². The van der Waals surface area contributed by atoms with Crippen molar-refractivity contribution in [2.45, 2.75) is 13.0 Å². The molecule has 1 atom stereocenters. The maximum Gasteiger partial charge on any atom is 0.294 e. The monoisotopic (exact) mass is 325 g/mol. The number of phenolic OH excluding ortho intramolecular Hbond substituents is 2. The van der Waals surface area contributed by atoms with Gasteiger partial charge in [-0.3, -0.25) is 14.5 Å². The number of aliphatic hydroxyl groups is 1. The zero-order chi connectivity index (χ0) is 17.4. The molecule has 3 rings (SSSR count). The Morgan fingerprint density at radius 3 is 1.92 bits per heavy atom. The van der Waals surface area contributed by atoms with E-state index >= 15 is 0 Å². The van der Waals surface area contributed by atoms with Crippen LogP contribution in [0.1, 0.15) is 18.5 Å². The Morgan fingerprint density at radius 1 is 0.917 bits per heavy atom. The van der Waals surface area contributed by atoms with Crippen molar-refractivity contribution in [3.8, 4) is 11.5 Å². The Morgan fingerprint density at radius 2 is 1.42 bits per heavy atom. The number of amides is 1. The topological polar surface area (TPSA) is 98.1 Å². The van der Waals surface area contributed by atoms with Crippen LogP contribution in [0.5, 0.6) is 11.5 Å². The largest absolute Gasteiger partial charge is 0.508 e. The van der Waals surface area contributed by atoms with Gasteiger partial charge in [0.1, 0.15) is 11.5 Å². The van der Waals surface area contributed by atoms with Crippen LogP contribution in [0.4, 0.5) is 5.69 Å². The van der Waals surface area contributed by atoms with Gasteiger partial charge in [-0.05, 0) is 48.9 Å². The molecular weight excluding hydrogens is 310 g/mol. The van der Waals surface area contributed by atoms with E-state index in [2.05, 4.69) is 0 Å². The lowest BCUT2D eigenvalue weighted by Gasteiger charge is -2.26. The van der Waals surface area contributed by atoms with Crippen LogP contribution in [0.15, 0.2) is 59.9 Å². The Balaban J connectivity index is 2.16. The predicted molar refractivity (Wildman–Crippen MR) is 86.8 cm³/mol. The fourth-order valence-corrected chi connectivity index (χ4v) is 2.82. The summed E-state index contributed by atoms with van der Waals surface area (Å²) in [6, 6.07) is 11.1. The average Bonchev–Trinajstić information content (AvgIpc) is 2.81. The molecule has 1 aliphatic heterocycles. The van der Waals surface area contributed by atoms with E-state index in [1.165, 1.54) is 48.2 Å². The van der Waals surface area contributed by atoms with E-state index in [1.54, 1.807) is 12.1 Å². The van der Waals surface area contributed by atoms with Gasteiger partial charge in [0, 0.05) is 5.69 Å². The van der Waals surface area contributed by atoms with E-state index in [0.717, 1.165) is 0 Å². The van der Waals surface area contributed by atoms with Crippen LogP contribution >= 0.6 is 0 Å². The molecule has 0 saturated carbocycles. The number of hydrogen-bond donors (Lipinski definition) is 3. The number of benzene rings is 2. The maximum atomic E-state index is 12.5. The quantitative estimate of drug-likeness (QED) is 0.806. The molecule has 1 aliphatic rings. The molecule has 6 nitrogen and oxygen atoms in total. The van der Waals surface area contributed by atoms with Gasteiger partial charge < -0.3 is 15.3 Å². The van der Waals surface area contributed by atoms with Crippen molar-refractivity contribution in [2.75, 3.05) is 4.90 Å². The molecule has 0 radical (unpaired) electrons. The van der Waals surface area contributed by atoms with Crippen molar-refractivity contribution in [2.24, 2.45) is 0 Å². The molecule has 0 aliphatic carbocycles. The van der Waals surface area contributed by atoms with Crippen molar-refractivity contribution >= 4 is 17.4 Å². The third-order valence-electron chi connectivity index (χ3n) is 3.92. The van der Waals surface area contributed by atoms with Gasteiger partial charge in [0.15, 0.2) is 11.5 Å². The van der Waals surface area contributed by atoms with Crippen LogP contribution in [-0.2, 0) is 9.59 Å². The molecule has 2 aromatic rings. The van der Waals surface area contributed by atoms with Crippen LogP contribution in [0.3, 0.4) is 0 Å².